The molecule has 0 atom stereocenters. The summed E-state index contributed by atoms with van der Waals surface area (Å²) in [5.41, 5.74) is 8.47. The van der Waals surface area contributed by atoms with Gasteiger partial charge in [-0.05, 0) is 66.3 Å². The Morgan fingerprint density at radius 1 is 0.919 bits per heavy atom. The highest BCUT2D eigenvalue weighted by molar-refractivity contribution is 5.90. The lowest BCUT2D eigenvalue weighted by Gasteiger charge is -2.14. The van der Waals surface area contributed by atoms with Gasteiger partial charge in [0.2, 0.25) is 0 Å². The molecule has 0 aliphatic rings. The monoisotopic (exact) mass is 496 g/mol. The van der Waals surface area contributed by atoms with Crippen LogP contribution < -0.4 is 11.0 Å². The van der Waals surface area contributed by atoms with E-state index in [4.69, 9.17) is 4.84 Å². The fourth-order valence-electron chi connectivity index (χ4n) is 4.12. The van der Waals surface area contributed by atoms with Gasteiger partial charge in [0.25, 0.3) is 5.56 Å². The zero-order valence-electron chi connectivity index (χ0n) is 21.8. The molecule has 1 heterocycles. The molecule has 4 rings (SSSR count). The van der Waals surface area contributed by atoms with Crippen molar-refractivity contribution in [1.29, 1.82) is 0 Å². The summed E-state index contributed by atoms with van der Waals surface area (Å²) in [4.78, 5) is 35.6. The number of anilines is 1. The maximum absolute atomic E-state index is 13.1. The molecule has 0 aliphatic carbocycles. The first-order valence-electron chi connectivity index (χ1n) is 12.4. The third kappa shape index (κ3) is 5.72. The van der Waals surface area contributed by atoms with Gasteiger partial charge < -0.3 is 4.84 Å². The topological polar surface area (TPSA) is 88.5 Å². The van der Waals surface area contributed by atoms with E-state index in [2.05, 4.69) is 43.3 Å². The van der Waals surface area contributed by atoms with Gasteiger partial charge in [-0.2, -0.15) is 0 Å². The maximum atomic E-state index is 13.1. The van der Waals surface area contributed by atoms with E-state index in [1.807, 2.05) is 55.5 Å². The normalized spacial score (nSPS) is 11.4. The van der Waals surface area contributed by atoms with Crippen LogP contribution >= 0.6 is 0 Å². The summed E-state index contributed by atoms with van der Waals surface area (Å²) in [6.07, 6.45) is 1.61. The summed E-state index contributed by atoms with van der Waals surface area (Å²) in [5.74, 6) is 0.0866. The molecule has 37 heavy (non-hydrogen) atoms. The highest BCUT2D eigenvalue weighted by Gasteiger charge is 2.14. The molecular formula is C30H32N4O3. The zero-order valence-corrected chi connectivity index (χ0v) is 21.8. The quantitative estimate of drug-likeness (QED) is 0.211. The van der Waals surface area contributed by atoms with Crippen LogP contribution in [0.2, 0.25) is 0 Å². The van der Waals surface area contributed by atoms with E-state index < -0.39 is 5.97 Å². The highest BCUT2D eigenvalue weighted by Crippen LogP contribution is 2.26. The Bertz CT molecular complexity index is 1480. The number of rotatable bonds is 8. The van der Waals surface area contributed by atoms with Crippen LogP contribution in [-0.4, -0.2) is 22.0 Å². The molecule has 0 aliphatic heterocycles. The molecule has 0 saturated heterocycles. The number of carbonyl (C=O) groups is 1. The number of aliphatic imine (C=N–C) groups is 1. The van der Waals surface area contributed by atoms with Gasteiger partial charge in [0.1, 0.15) is 0 Å². The SMILES string of the molecule is Cc1[nH]n(-c2ccc(C(=O)ONc3ccccc3C(C)C)cc2)c(=O)c1C=Nc1ccccc1C(C)C. The number of para-hydroxylation sites is 2. The van der Waals surface area contributed by atoms with Gasteiger partial charge in [-0.25, -0.2) is 15.0 Å². The molecule has 4 aromatic rings. The average Bonchev–Trinajstić information content (AvgIpc) is 3.19. The van der Waals surface area contributed by atoms with Crippen LogP contribution in [0.3, 0.4) is 0 Å². The first kappa shape index (κ1) is 25.7. The van der Waals surface area contributed by atoms with Crippen LogP contribution in [0.15, 0.2) is 82.6 Å². The van der Waals surface area contributed by atoms with Crippen molar-refractivity contribution in [3.8, 4) is 5.69 Å². The minimum absolute atomic E-state index is 0.217. The predicted molar refractivity (Wildman–Crippen MR) is 148 cm³/mol. The van der Waals surface area contributed by atoms with E-state index in [0.29, 0.717) is 28.4 Å². The molecular weight excluding hydrogens is 464 g/mol. The number of H-pyrrole nitrogens is 1. The van der Waals surface area contributed by atoms with Crippen molar-refractivity contribution in [2.24, 2.45) is 4.99 Å². The summed E-state index contributed by atoms with van der Waals surface area (Å²) in [5, 5.41) is 3.10. The largest absolute Gasteiger partial charge is 0.362 e. The minimum atomic E-state index is -0.517. The number of aromatic nitrogens is 2. The van der Waals surface area contributed by atoms with Gasteiger partial charge in [0.05, 0.1) is 28.2 Å². The molecule has 0 radical (unpaired) electrons. The summed E-state index contributed by atoms with van der Waals surface area (Å²) in [7, 11) is 0. The summed E-state index contributed by atoms with van der Waals surface area (Å²) in [6.45, 7) is 10.2. The van der Waals surface area contributed by atoms with Gasteiger partial charge in [0.15, 0.2) is 0 Å². The van der Waals surface area contributed by atoms with Crippen molar-refractivity contribution < 1.29 is 9.63 Å². The van der Waals surface area contributed by atoms with Crippen molar-refractivity contribution in [2.45, 2.75) is 46.5 Å². The van der Waals surface area contributed by atoms with Crippen molar-refractivity contribution in [3.05, 3.63) is 111 Å². The Hall–Kier alpha value is -4.39. The molecule has 0 spiro atoms. The lowest BCUT2D eigenvalue weighted by atomic mass is 10.0. The van der Waals surface area contributed by atoms with Crippen LogP contribution in [0, 0.1) is 6.92 Å². The van der Waals surface area contributed by atoms with Crippen molar-refractivity contribution in [2.75, 3.05) is 5.48 Å². The van der Waals surface area contributed by atoms with E-state index in [-0.39, 0.29) is 11.5 Å². The molecule has 7 heteroatoms. The van der Waals surface area contributed by atoms with Gasteiger partial charge in [-0.15, -0.1) is 0 Å². The third-order valence-electron chi connectivity index (χ3n) is 6.21. The van der Waals surface area contributed by atoms with E-state index in [1.165, 1.54) is 4.68 Å². The Balaban J connectivity index is 1.50. The fourth-order valence-corrected chi connectivity index (χ4v) is 4.12. The second-order valence-corrected chi connectivity index (χ2v) is 9.54. The van der Waals surface area contributed by atoms with E-state index in [1.54, 1.807) is 30.5 Å². The van der Waals surface area contributed by atoms with Crippen molar-refractivity contribution in [1.82, 2.24) is 9.78 Å². The molecule has 0 amide bonds. The van der Waals surface area contributed by atoms with Crippen LogP contribution in [0.4, 0.5) is 11.4 Å². The van der Waals surface area contributed by atoms with E-state index in [0.717, 1.165) is 22.5 Å². The maximum Gasteiger partial charge on any atom is 0.362 e. The van der Waals surface area contributed by atoms with E-state index >= 15 is 0 Å². The van der Waals surface area contributed by atoms with E-state index in [9.17, 15) is 9.59 Å². The zero-order chi connectivity index (χ0) is 26.5. The Labute approximate surface area is 216 Å². The molecule has 2 N–H and O–H groups in total. The van der Waals surface area contributed by atoms with Crippen LogP contribution in [0.25, 0.3) is 5.69 Å². The summed E-state index contributed by atoms with van der Waals surface area (Å²) in [6, 6.07) is 22.3. The molecule has 0 unspecified atom stereocenters. The minimum Gasteiger partial charge on any atom is -0.338 e. The summed E-state index contributed by atoms with van der Waals surface area (Å²) >= 11 is 0. The first-order valence-corrected chi connectivity index (χ1v) is 12.4. The lowest BCUT2D eigenvalue weighted by Crippen LogP contribution is -2.17. The van der Waals surface area contributed by atoms with Crippen LogP contribution in [0.1, 0.15) is 72.3 Å². The van der Waals surface area contributed by atoms with Gasteiger partial charge in [-0.1, -0.05) is 64.1 Å². The molecule has 0 bridgehead atoms. The second-order valence-electron chi connectivity index (χ2n) is 9.54. The number of hydrogen-bond donors (Lipinski definition) is 2. The van der Waals surface area contributed by atoms with Crippen molar-refractivity contribution in [3.63, 3.8) is 0 Å². The van der Waals surface area contributed by atoms with Crippen molar-refractivity contribution >= 4 is 23.6 Å². The third-order valence-corrected chi connectivity index (χ3v) is 6.21. The average molecular weight is 497 g/mol. The number of aromatic amines is 1. The Morgan fingerprint density at radius 2 is 1.54 bits per heavy atom. The fraction of sp³-hybridized carbons (Fsp3) is 0.233. The number of carbonyl (C=O) groups excluding carboxylic acids is 1. The first-order chi connectivity index (χ1) is 17.8. The molecule has 7 nitrogen and oxygen atoms in total. The molecule has 1 aromatic heterocycles. The molecule has 0 fully saturated rings. The standard InChI is InChI=1S/C30H32N4O3/c1-19(2)24-10-6-8-12-27(24)31-18-26-21(5)32-34(29(26)35)23-16-14-22(15-17-23)30(36)37-33-28-13-9-7-11-25(28)20(3)4/h6-20,32-33H,1-5H3. The highest BCUT2D eigenvalue weighted by atomic mass is 16.7. The number of hydrogen-bond acceptors (Lipinski definition) is 5. The van der Waals surface area contributed by atoms with Crippen LogP contribution in [-0.2, 0) is 4.84 Å². The molecule has 190 valence electrons. The van der Waals surface area contributed by atoms with Crippen LogP contribution in [0.5, 0.6) is 0 Å². The lowest BCUT2D eigenvalue weighted by molar-refractivity contribution is 0.0596. The molecule has 3 aromatic carbocycles. The number of nitrogens with one attached hydrogen (secondary N) is 2. The second kappa shape index (κ2) is 11.1. The van der Waals surface area contributed by atoms with Gasteiger partial charge in [-0.3, -0.25) is 14.9 Å². The Kier molecular flexibility index (Phi) is 7.72. The molecule has 0 saturated carbocycles. The van der Waals surface area contributed by atoms with Gasteiger partial charge in [0, 0.05) is 11.9 Å². The van der Waals surface area contributed by atoms with Gasteiger partial charge >= 0.3 is 5.97 Å². The number of benzene rings is 3. The number of aryl methyl sites for hydroxylation is 1. The summed E-state index contributed by atoms with van der Waals surface area (Å²) < 4.78 is 1.44. The Morgan fingerprint density at radius 3 is 2.22 bits per heavy atom. The number of nitrogens with zero attached hydrogens (tertiary/aromatic N) is 2. The predicted octanol–water partition coefficient (Wildman–Crippen LogP) is 6.66. The smallest absolute Gasteiger partial charge is 0.338 e.